The lowest BCUT2D eigenvalue weighted by Gasteiger charge is -2.27. The van der Waals surface area contributed by atoms with Crippen LogP contribution in [0, 0.1) is 0 Å². The second-order valence-corrected chi connectivity index (χ2v) is 10.4. The highest BCUT2D eigenvalue weighted by molar-refractivity contribution is 7.92. The zero-order valence-corrected chi connectivity index (χ0v) is 21.0. The van der Waals surface area contributed by atoms with Crippen LogP contribution in [0.15, 0.2) is 94.9 Å². The van der Waals surface area contributed by atoms with Crippen LogP contribution < -0.4 is 14.5 Å². The van der Waals surface area contributed by atoms with Crippen LogP contribution in [0.1, 0.15) is 18.4 Å². The molecule has 0 aliphatic carbocycles. The second-order valence-electron chi connectivity index (χ2n) is 8.50. The van der Waals surface area contributed by atoms with Crippen molar-refractivity contribution >= 4 is 27.3 Å². The van der Waals surface area contributed by atoms with Crippen molar-refractivity contribution in [2.24, 2.45) is 5.10 Å². The summed E-state index contributed by atoms with van der Waals surface area (Å²) in [6.07, 6.45) is 1.50. The Labute approximate surface area is 212 Å². The first-order valence-corrected chi connectivity index (χ1v) is 13.2. The van der Waals surface area contributed by atoms with E-state index in [-0.39, 0.29) is 4.90 Å². The molecule has 3 aromatic carbocycles. The number of benzene rings is 3. The van der Waals surface area contributed by atoms with Gasteiger partial charge in [-0.15, -0.1) is 0 Å². The minimum atomic E-state index is -3.97. The first-order valence-electron chi connectivity index (χ1n) is 11.8. The fourth-order valence-electron chi connectivity index (χ4n) is 4.01. The van der Waals surface area contributed by atoms with Crippen molar-refractivity contribution in [2.75, 3.05) is 31.0 Å². The first kappa shape index (κ1) is 25.4. The van der Waals surface area contributed by atoms with Crippen LogP contribution in [-0.2, 0) is 21.4 Å². The van der Waals surface area contributed by atoms with Gasteiger partial charge in [-0.1, -0.05) is 48.5 Å². The average molecular weight is 507 g/mol. The lowest BCUT2D eigenvalue weighted by Crippen LogP contribution is -2.40. The molecule has 0 saturated carbocycles. The SMILES string of the molecule is COc1ccc(N(CC(=O)NN=C2CCN(Cc3ccccc3)CC2)S(=O)(=O)c2ccccc2)cc1. The lowest BCUT2D eigenvalue weighted by atomic mass is 10.1. The van der Waals surface area contributed by atoms with E-state index in [4.69, 9.17) is 4.74 Å². The number of amides is 1. The molecule has 1 heterocycles. The molecule has 1 aliphatic rings. The normalized spacial score (nSPS) is 14.2. The lowest BCUT2D eigenvalue weighted by molar-refractivity contribution is -0.119. The molecule has 0 radical (unpaired) electrons. The predicted molar refractivity (Wildman–Crippen MR) is 140 cm³/mol. The van der Waals surface area contributed by atoms with E-state index in [1.54, 1.807) is 42.5 Å². The van der Waals surface area contributed by atoms with E-state index in [0.717, 1.165) is 42.5 Å². The van der Waals surface area contributed by atoms with Gasteiger partial charge in [-0.25, -0.2) is 13.8 Å². The summed E-state index contributed by atoms with van der Waals surface area (Å²) in [4.78, 5) is 15.3. The van der Waals surface area contributed by atoms with Gasteiger partial charge < -0.3 is 4.74 Å². The molecule has 1 amide bonds. The highest BCUT2D eigenvalue weighted by atomic mass is 32.2. The standard InChI is InChI=1S/C27H30N4O4S/c1-35-25-14-12-24(13-15-25)31(36(33,34)26-10-6-3-7-11-26)21-27(32)29-28-23-16-18-30(19-17-23)20-22-8-4-2-5-9-22/h2-15H,16-21H2,1H3,(H,29,32). The van der Waals surface area contributed by atoms with Crippen LogP contribution in [0.25, 0.3) is 0 Å². The van der Waals surface area contributed by atoms with Crippen molar-refractivity contribution in [1.82, 2.24) is 10.3 Å². The molecule has 8 nitrogen and oxygen atoms in total. The number of hydrogen-bond acceptors (Lipinski definition) is 6. The molecule has 0 aromatic heterocycles. The maximum atomic E-state index is 13.4. The summed E-state index contributed by atoms with van der Waals surface area (Å²) >= 11 is 0. The third-order valence-electron chi connectivity index (χ3n) is 6.00. The number of hydrogen-bond donors (Lipinski definition) is 1. The molecule has 9 heteroatoms. The van der Waals surface area contributed by atoms with Gasteiger partial charge in [0, 0.05) is 38.2 Å². The summed E-state index contributed by atoms with van der Waals surface area (Å²) < 4.78 is 33.0. The Morgan fingerprint density at radius 2 is 1.56 bits per heavy atom. The van der Waals surface area contributed by atoms with Crippen LogP contribution in [0.3, 0.4) is 0 Å². The van der Waals surface area contributed by atoms with E-state index in [1.165, 1.54) is 24.8 Å². The summed E-state index contributed by atoms with van der Waals surface area (Å²) in [6, 6.07) is 24.9. The summed E-state index contributed by atoms with van der Waals surface area (Å²) in [6.45, 7) is 2.18. The number of sulfonamides is 1. The van der Waals surface area contributed by atoms with Gasteiger partial charge in [0.15, 0.2) is 0 Å². The monoisotopic (exact) mass is 506 g/mol. The van der Waals surface area contributed by atoms with Crippen molar-refractivity contribution < 1.29 is 17.9 Å². The van der Waals surface area contributed by atoms with Gasteiger partial charge in [0.1, 0.15) is 12.3 Å². The third-order valence-corrected chi connectivity index (χ3v) is 7.79. The predicted octanol–water partition coefficient (Wildman–Crippen LogP) is 3.66. The smallest absolute Gasteiger partial charge is 0.264 e. The third kappa shape index (κ3) is 6.50. The average Bonchev–Trinajstić information content (AvgIpc) is 2.92. The molecule has 0 spiro atoms. The topological polar surface area (TPSA) is 91.3 Å². The van der Waals surface area contributed by atoms with E-state index in [2.05, 4.69) is 27.6 Å². The largest absolute Gasteiger partial charge is 0.497 e. The fourth-order valence-corrected chi connectivity index (χ4v) is 5.46. The van der Waals surface area contributed by atoms with Crippen LogP contribution in [0.2, 0.25) is 0 Å². The van der Waals surface area contributed by atoms with E-state index in [9.17, 15) is 13.2 Å². The molecule has 188 valence electrons. The molecular formula is C27H30N4O4S. The zero-order valence-electron chi connectivity index (χ0n) is 20.2. The van der Waals surface area contributed by atoms with Crippen LogP contribution in [0.4, 0.5) is 5.69 Å². The molecule has 4 rings (SSSR count). The van der Waals surface area contributed by atoms with Crippen molar-refractivity contribution in [2.45, 2.75) is 24.3 Å². The Hall–Kier alpha value is -3.69. The minimum absolute atomic E-state index is 0.103. The molecule has 36 heavy (non-hydrogen) atoms. The summed E-state index contributed by atoms with van der Waals surface area (Å²) in [5.74, 6) is 0.0785. The number of nitrogens with zero attached hydrogens (tertiary/aromatic N) is 3. The van der Waals surface area contributed by atoms with Gasteiger partial charge >= 0.3 is 0 Å². The Morgan fingerprint density at radius 1 is 0.944 bits per heavy atom. The molecule has 1 saturated heterocycles. The van der Waals surface area contributed by atoms with E-state index in [0.29, 0.717) is 11.4 Å². The summed E-state index contributed by atoms with van der Waals surface area (Å²) in [7, 11) is -2.44. The molecule has 1 aliphatic heterocycles. The Balaban J connectivity index is 1.41. The van der Waals surface area contributed by atoms with Gasteiger partial charge in [0.25, 0.3) is 15.9 Å². The van der Waals surface area contributed by atoms with Crippen molar-refractivity contribution in [3.8, 4) is 5.75 Å². The number of anilines is 1. The molecule has 1 N–H and O–H groups in total. The van der Waals surface area contributed by atoms with Gasteiger partial charge in [-0.05, 0) is 42.0 Å². The second kappa shape index (κ2) is 11.8. The number of carbonyl (C=O) groups is 1. The molecule has 0 bridgehead atoms. The number of rotatable bonds is 9. The number of hydrazone groups is 1. The minimum Gasteiger partial charge on any atom is -0.497 e. The molecule has 1 fully saturated rings. The number of methoxy groups -OCH3 is 1. The number of ether oxygens (including phenoxy) is 1. The maximum absolute atomic E-state index is 13.4. The van der Waals surface area contributed by atoms with Crippen molar-refractivity contribution in [3.63, 3.8) is 0 Å². The fraction of sp³-hybridized carbons (Fsp3) is 0.259. The quantitative estimate of drug-likeness (QED) is 0.447. The molecular weight excluding hydrogens is 476 g/mol. The Kier molecular flexibility index (Phi) is 8.35. The Bertz CT molecular complexity index is 1270. The summed E-state index contributed by atoms with van der Waals surface area (Å²) in [5.41, 5.74) is 5.09. The van der Waals surface area contributed by atoms with Crippen molar-refractivity contribution in [1.29, 1.82) is 0 Å². The van der Waals surface area contributed by atoms with Gasteiger partial charge in [0.2, 0.25) is 0 Å². The molecule has 0 unspecified atom stereocenters. The van der Waals surface area contributed by atoms with E-state index < -0.39 is 22.5 Å². The Morgan fingerprint density at radius 3 is 2.17 bits per heavy atom. The first-order chi connectivity index (χ1) is 17.5. The number of likely N-dealkylation sites (tertiary alicyclic amines) is 1. The van der Waals surface area contributed by atoms with Crippen LogP contribution in [0.5, 0.6) is 5.75 Å². The van der Waals surface area contributed by atoms with Gasteiger partial charge in [-0.2, -0.15) is 5.10 Å². The van der Waals surface area contributed by atoms with E-state index >= 15 is 0 Å². The highest BCUT2D eigenvalue weighted by Crippen LogP contribution is 2.25. The maximum Gasteiger partial charge on any atom is 0.264 e. The van der Waals surface area contributed by atoms with Crippen molar-refractivity contribution in [3.05, 3.63) is 90.5 Å². The molecule has 3 aromatic rings. The number of carbonyl (C=O) groups excluding carboxylic acids is 1. The van der Waals surface area contributed by atoms with Crippen LogP contribution >= 0.6 is 0 Å². The summed E-state index contributed by atoms with van der Waals surface area (Å²) in [5, 5.41) is 4.30. The van der Waals surface area contributed by atoms with Gasteiger partial charge in [0.05, 0.1) is 17.7 Å². The number of nitrogens with one attached hydrogen (secondary N) is 1. The molecule has 0 atom stereocenters. The van der Waals surface area contributed by atoms with Crippen LogP contribution in [-0.4, -0.2) is 51.7 Å². The van der Waals surface area contributed by atoms with Gasteiger partial charge in [-0.3, -0.25) is 14.0 Å². The highest BCUT2D eigenvalue weighted by Gasteiger charge is 2.27. The van der Waals surface area contributed by atoms with E-state index in [1.807, 2.05) is 18.2 Å². The number of piperidine rings is 1. The zero-order chi connectivity index (χ0) is 25.4.